The van der Waals surface area contributed by atoms with Gasteiger partial charge in [0.1, 0.15) is 4.21 Å². The zero-order chi connectivity index (χ0) is 15.6. The topological polar surface area (TPSA) is 102 Å². The number of nitrogens with zero attached hydrogens (tertiary/aromatic N) is 2. The van der Waals surface area contributed by atoms with Crippen molar-refractivity contribution in [2.45, 2.75) is 10.3 Å². The van der Waals surface area contributed by atoms with Crippen LogP contribution in [0.3, 0.4) is 0 Å². The third kappa shape index (κ3) is 4.11. The number of halogens is 1. The van der Waals surface area contributed by atoms with Crippen LogP contribution in [0.2, 0.25) is 4.34 Å². The zero-order valence-electron chi connectivity index (χ0n) is 11.1. The van der Waals surface area contributed by atoms with Gasteiger partial charge in [-0.2, -0.15) is 0 Å². The number of thiophene rings is 1. The van der Waals surface area contributed by atoms with Gasteiger partial charge in [0.05, 0.1) is 17.6 Å². The first-order valence-corrected chi connectivity index (χ1v) is 8.71. The molecule has 1 aliphatic heterocycles. The fourth-order valence-electron chi connectivity index (χ4n) is 1.86. The molecule has 2 rings (SSSR count). The summed E-state index contributed by atoms with van der Waals surface area (Å²) in [5, 5.41) is 10.7. The number of ether oxygens (including phenoxy) is 1. The standard InChI is InChI=1S/C10H14ClN3O5S2/c1-13-2-3-19-7(6-13)5-12-21(17,18)9-4-8(14(15)16)10(11)20-9/h4,7,12H,2-3,5-6H2,1H3. The summed E-state index contributed by atoms with van der Waals surface area (Å²) in [6.45, 7) is 2.07. The minimum absolute atomic E-state index is 0.107. The van der Waals surface area contributed by atoms with Crippen LogP contribution in [-0.4, -0.2) is 57.6 Å². The number of morpholine rings is 1. The summed E-state index contributed by atoms with van der Waals surface area (Å²) in [4.78, 5) is 12.0. The second kappa shape index (κ2) is 6.55. The van der Waals surface area contributed by atoms with E-state index in [4.69, 9.17) is 16.3 Å². The van der Waals surface area contributed by atoms with Crippen molar-refractivity contribution in [3.8, 4) is 0 Å². The molecule has 1 fully saturated rings. The number of nitrogens with one attached hydrogen (secondary N) is 1. The van der Waals surface area contributed by atoms with Crippen molar-refractivity contribution in [3.63, 3.8) is 0 Å². The monoisotopic (exact) mass is 355 g/mol. The third-order valence-electron chi connectivity index (χ3n) is 2.95. The van der Waals surface area contributed by atoms with Crippen LogP contribution in [0, 0.1) is 10.1 Å². The Bertz CT molecular complexity index is 633. The lowest BCUT2D eigenvalue weighted by atomic mass is 10.3. The number of rotatable bonds is 5. The van der Waals surface area contributed by atoms with Crippen LogP contribution < -0.4 is 4.72 Å². The van der Waals surface area contributed by atoms with E-state index in [1.165, 1.54) is 0 Å². The minimum atomic E-state index is -3.83. The van der Waals surface area contributed by atoms with Gasteiger partial charge in [-0.05, 0) is 7.05 Å². The van der Waals surface area contributed by atoms with Gasteiger partial charge in [0.25, 0.3) is 5.69 Å². The minimum Gasteiger partial charge on any atom is -0.374 e. The highest BCUT2D eigenvalue weighted by Crippen LogP contribution is 2.36. The SMILES string of the molecule is CN1CCOC(CNS(=O)(=O)c2cc([N+](=O)[O-])c(Cl)s2)C1. The average molecular weight is 356 g/mol. The summed E-state index contributed by atoms with van der Waals surface area (Å²) in [5.41, 5.74) is -0.407. The summed E-state index contributed by atoms with van der Waals surface area (Å²) >= 11 is 6.33. The molecule has 1 aliphatic rings. The van der Waals surface area contributed by atoms with Crippen molar-refractivity contribution in [1.29, 1.82) is 0 Å². The van der Waals surface area contributed by atoms with E-state index < -0.39 is 20.6 Å². The summed E-state index contributed by atoms with van der Waals surface area (Å²) in [6, 6.07) is 0.961. The Morgan fingerprint density at radius 2 is 2.38 bits per heavy atom. The molecule has 0 spiro atoms. The summed E-state index contributed by atoms with van der Waals surface area (Å²) in [5.74, 6) is 0. The predicted molar refractivity (Wildman–Crippen MR) is 78.4 cm³/mol. The van der Waals surface area contributed by atoms with Crippen molar-refractivity contribution in [1.82, 2.24) is 9.62 Å². The number of hydrogen-bond donors (Lipinski definition) is 1. The molecule has 0 aliphatic carbocycles. The van der Waals surface area contributed by atoms with Crippen LogP contribution in [0.5, 0.6) is 0 Å². The quantitative estimate of drug-likeness (QED) is 0.622. The number of hydrogen-bond acceptors (Lipinski definition) is 7. The van der Waals surface area contributed by atoms with Crippen molar-refractivity contribution < 1.29 is 18.1 Å². The highest BCUT2D eigenvalue weighted by Gasteiger charge is 2.26. The van der Waals surface area contributed by atoms with Gasteiger partial charge in [-0.25, -0.2) is 13.1 Å². The molecule has 0 radical (unpaired) electrons. The molecule has 8 nitrogen and oxygen atoms in total. The Morgan fingerprint density at radius 3 is 2.95 bits per heavy atom. The normalized spacial score (nSPS) is 20.6. The molecule has 2 heterocycles. The number of sulfonamides is 1. The van der Waals surface area contributed by atoms with Gasteiger partial charge in [-0.15, -0.1) is 11.3 Å². The molecular weight excluding hydrogens is 342 g/mol. The van der Waals surface area contributed by atoms with Gasteiger partial charge in [0, 0.05) is 25.7 Å². The highest BCUT2D eigenvalue weighted by molar-refractivity contribution is 7.91. The maximum atomic E-state index is 12.1. The first-order chi connectivity index (χ1) is 9.79. The lowest BCUT2D eigenvalue weighted by Crippen LogP contribution is -2.45. The van der Waals surface area contributed by atoms with Crippen LogP contribution in [0.1, 0.15) is 0 Å². The Labute approximate surface area is 130 Å². The molecule has 1 aromatic heterocycles. The Balaban J connectivity index is 2.04. The van der Waals surface area contributed by atoms with E-state index in [0.29, 0.717) is 24.5 Å². The number of nitro groups is 1. The van der Waals surface area contributed by atoms with Gasteiger partial charge >= 0.3 is 0 Å². The highest BCUT2D eigenvalue weighted by atomic mass is 35.5. The Hall–Kier alpha value is -0.780. The molecule has 1 N–H and O–H groups in total. The van der Waals surface area contributed by atoms with Crippen molar-refractivity contribution in [2.75, 3.05) is 33.3 Å². The average Bonchev–Trinajstić information content (AvgIpc) is 2.80. The summed E-state index contributed by atoms with van der Waals surface area (Å²) < 4.78 is 31.7. The first kappa shape index (κ1) is 16.6. The van der Waals surface area contributed by atoms with Gasteiger partial charge in [0.2, 0.25) is 10.0 Å². The van der Waals surface area contributed by atoms with Crippen LogP contribution in [-0.2, 0) is 14.8 Å². The van der Waals surface area contributed by atoms with E-state index in [9.17, 15) is 18.5 Å². The van der Waals surface area contributed by atoms with Gasteiger partial charge in [-0.3, -0.25) is 10.1 Å². The van der Waals surface area contributed by atoms with E-state index in [0.717, 1.165) is 12.6 Å². The molecule has 0 aromatic carbocycles. The van der Waals surface area contributed by atoms with E-state index in [1.807, 2.05) is 11.9 Å². The second-order valence-electron chi connectivity index (χ2n) is 4.59. The molecule has 11 heteroatoms. The van der Waals surface area contributed by atoms with Crippen molar-refractivity contribution in [3.05, 3.63) is 20.5 Å². The van der Waals surface area contributed by atoms with Gasteiger partial charge in [-0.1, -0.05) is 11.6 Å². The fourth-order valence-corrected chi connectivity index (χ4v) is 4.63. The van der Waals surface area contributed by atoms with Crippen molar-refractivity contribution >= 4 is 38.6 Å². The molecule has 0 bridgehead atoms. The molecule has 0 amide bonds. The van der Waals surface area contributed by atoms with E-state index in [-0.39, 0.29) is 21.2 Å². The molecule has 0 saturated carbocycles. The second-order valence-corrected chi connectivity index (χ2v) is 8.24. The van der Waals surface area contributed by atoms with E-state index in [2.05, 4.69) is 4.72 Å². The van der Waals surface area contributed by atoms with Crippen molar-refractivity contribution in [2.24, 2.45) is 0 Å². The zero-order valence-corrected chi connectivity index (χ0v) is 13.5. The number of likely N-dealkylation sites (N-methyl/N-ethyl adjacent to an activating group) is 1. The smallest absolute Gasteiger partial charge is 0.300 e. The Morgan fingerprint density at radius 1 is 1.67 bits per heavy atom. The molecule has 1 atom stereocenters. The lowest BCUT2D eigenvalue weighted by molar-refractivity contribution is -0.384. The molecular formula is C10H14ClN3O5S2. The van der Waals surface area contributed by atoms with Crippen LogP contribution in [0.25, 0.3) is 0 Å². The molecule has 1 unspecified atom stereocenters. The third-order valence-corrected chi connectivity index (χ3v) is 6.19. The van der Waals surface area contributed by atoms with Gasteiger partial charge in [0.15, 0.2) is 4.34 Å². The van der Waals surface area contributed by atoms with E-state index in [1.54, 1.807) is 0 Å². The first-order valence-electron chi connectivity index (χ1n) is 6.03. The predicted octanol–water partition coefficient (Wildman–Crippen LogP) is 0.919. The Kier molecular flexibility index (Phi) is 5.17. The maximum Gasteiger partial charge on any atom is 0.300 e. The molecule has 1 saturated heterocycles. The van der Waals surface area contributed by atoms with Crippen LogP contribution >= 0.6 is 22.9 Å². The summed E-state index contributed by atoms with van der Waals surface area (Å²) in [7, 11) is -1.91. The molecule has 21 heavy (non-hydrogen) atoms. The summed E-state index contributed by atoms with van der Waals surface area (Å²) in [6.07, 6.45) is -0.246. The fraction of sp³-hybridized carbons (Fsp3) is 0.600. The van der Waals surface area contributed by atoms with Crippen LogP contribution in [0.15, 0.2) is 10.3 Å². The largest absolute Gasteiger partial charge is 0.374 e. The maximum absolute atomic E-state index is 12.1. The molecule has 1 aromatic rings. The van der Waals surface area contributed by atoms with Gasteiger partial charge < -0.3 is 9.64 Å². The molecule has 118 valence electrons. The van der Waals surface area contributed by atoms with Crippen LogP contribution in [0.4, 0.5) is 5.69 Å². The van der Waals surface area contributed by atoms with E-state index >= 15 is 0 Å². The lowest BCUT2D eigenvalue weighted by Gasteiger charge is -2.29.